The van der Waals surface area contributed by atoms with Crippen molar-refractivity contribution in [2.45, 2.75) is 18.9 Å². The zero-order valence-corrected chi connectivity index (χ0v) is 12.4. The third-order valence-electron chi connectivity index (χ3n) is 4.29. The van der Waals surface area contributed by atoms with Crippen molar-refractivity contribution >= 4 is 11.8 Å². The second-order valence-corrected chi connectivity index (χ2v) is 5.91. The lowest BCUT2D eigenvalue weighted by molar-refractivity contribution is -0.119. The molecule has 0 saturated carbocycles. The molecule has 2 heterocycles. The van der Waals surface area contributed by atoms with Crippen molar-refractivity contribution in [1.82, 2.24) is 15.1 Å². The van der Waals surface area contributed by atoms with Crippen molar-refractivity contribution in [2.75, 3.05) is 32.7 Å². The molecule has 0 unspecified atom stereocenters. The maximum absolute atomic E-state index is 13.2. The van der Waals surface area contributed by atoms with E-state index >= 15 is 0 Å². The van der Waals surface area contributed by atoms with Gasteiger partial charge in [-0.3, -0.25) is 14.5 Å². The summed E-state index contributed by atoms with van der Waals surface area (Å²) in [7, 11) is 0. The quantitative estimate of drug-likeness (QED) is 0.901. The molecule has 1 atom stereocenters. The van der Waals surface area contributed by atoms with Crippen molar-refractivity contribution in [1.29, 1.82) is 0 Å². The molecule has 0 aromatic heterocycles. The highest BCUT2D eigenvalue weighted by atomic mass is 19.1. The number of benzene rings is 1. The standard InChI is InChI=1S/C16H20FN3O2/c17-13-3-1-2-12(10-13)16(22)20-8-6-19(7-9-20)11-14-4-5-15(21)18-14/h1-3,10,14H,4-9,11H2,(H,18,21)/t14-/m1/s1. The van der Waals surface area contributed by atoms with Crippen LogP contribution in [0.4, 0.5) is 4.39 Å². The van der Waals surface area contributed by atoms with Gasteiger partial charge in [-0.15, -0.1) is 0 Å². The topological polar surface area (TPSA) is 52.7 Å². The molecule has 2 aliphatic heterocycles. The highest BCUT2D eigenvalue weighted by molar-refractivity contribution is 5.94. The zero-order chi connectivity index (χ0) is 15.5. The molecule has 22 heavy (non-hydrogen) atoms. The Morgan fingerprint density at radius 1 is 1.27 bits per heavy atom. The highest BCUT2D eigenvalue weighted by Gasteiger charge is 2.26. The number of amides is 2. The summed E-state index contributed by atoms with van der Waals surface area (Å²) in [6.45, 7) is 3.68. The van der Waals surface area contributed by atoms with Crippen molar-refractivity contribution in [3.8, 4) is 0 Å². The number of piperazine rings is 1. The predicted molar refractivity (Wildman–Crippen MR) is 79.9 cm³/mol. The van der Waals surface area contributed by atoms with Gasteiger partial charge in [0.2, 0.25) is 5.91 Å². The Hall–Kier alpha value is -1.95. The van der Waals surface area contributed by atoms with Crippen LogP contribution in [0.1, 0.15) is 23.2 Å². The molecule has 0 radical (unpaired) electrons. The molecule has 2 fully saturated rings. The van der Waals surface area contributed by atoms with Crippen LogP contribution in [0.2, 0.25) is 0 Å². The van der Waals surface area contributed by atoms with E-state index in [1.165, 1.54) is 12.1 Å². The van der Waals surface area contributed by atoms with Crippen LogP contribution in [0.15, 0.2) is 24.3 Å². The van der Waals surface area contributed by atoms with Crippen LogP contribution >= 0.6 is 0 Å². The number of carbonyl (C=O) groups excluding carboxylic acids is 2. The predicted octanol–water partition coefficient (Wildman–Crippen LogP) is 0.862. The van der Waals surface area contributed by atoms with Gasteiger partial charge in [0.25, 0.3) is 5.91 Å². The minimum absolute atomic E-state index is 0.117. The molecular weight excluding hydrogens is 285 g/mol. The van der Waals surface area contributed by atoms with Crippen molar-refractivity contribution in [2.24, 2.45) is 0 Å². The molecule has 2 amide bonds. The number of carbonyl (C=O) groups is 2. The third-order valence-corrected chi connectivity index (χ3v) is 4.29. The van der Waals surface area contributed by atoms with Crippen LogP contribution in [0.25, 0.3) is 0 Å². The van der Waals surface area contributed by atoms with Crippen LogP contribution in [0.3, 0.4) is 0 Å². The van der Waals surface area contributed by atoms with Crippen molar-refractivity contribution < 1.29 is 14.0 Å². The van der Waals surface area contributed by atoms with Crippen LogP contribution in [-0.4, -0.2) is 60.4 Å². The molecule has 118 valence electrons. The average molecular weight is 305 g/mol. The first-order valence-corrected chi connectivity index (χ1v) is 7.68. The van der Waals surface area contributed by atoms with Gasteiger partial charge in [0, 0.05) is 50.7 Å². The molecule has 2 saturated heterocycles. The maximum Gasteiger partial charge on any atom is 0.254 e. The van der Waals surface area contributed by atoms with E-state index in [9.17, 15) is 14.0 Å². The Bertz CT molecular complexity index is 570. The van der Waals surface area contributed by atoms with Gasteiger partial charge >= 0.3 is 0 Å². The van der Waals surface area contributed by atoms with Gasteiger partial charge in [0.05, 0.1) is 0 Å². The molecule has 1 aromatic rings. The maximum atomic E-state index is 13.2. The highest BCUT2D eigenvalue weighted by Crippen LogP contribution is 2.13. The van der Waals surface area contributed by atoms with E-state index in [0.29, 0.717) is 25.1 Å². The Labute approximate surface area is 129 Å². The van der Waals surface area contributed by atoms with E-state index in [4.69, 9.17) is 0 Å². The largest absolute Gasteiger partial charge is 0.352 e. The summed E-state index contributed by atoms with van der Waals surface area (Å²) in [6.07, 6.45) is 1.50. The molecule has 0 aliphatic carbocycles. The molecule has 0 bridgehead atoms. The Morgan fingerprint density at radius 2 is 2.05 bits per heavy atom. The van der Waals surface area contributed by atoms with E-state index in [0.717, 1.165) is 26.1 Å². The molecule has 3 rings (SSSR count). The van der Waals surface area contributed by atoms with Gasteiger partial charge in [0.1, 0.15) is 5.82 Å². The summed E-state index contributed by atoms with van der Waals surface area (Å²) in [6, 6.07) is 6.05. The SMILES string of the molecule is O=C1CC[C@H](CN2CCN(C(=O)c3cccc(F)c3)CC2)N1. The van der Waals surface area contributed by atoms with E-state index in [-0.39, 0.29) is 23.7 Å². The number of rotatable bonds is 3. The Morgan fingerprint density at radius 3 is 2.68 bits per heavy atom. The van der Waals surface area contributed by atoms with Crippen LogP contribution < -0.4 is 5.32 Å². The zero-order valence-electron chi connectivity index (χ0n) is 12.4. The van der Waals surface area contributed by atoms with Crippen molar-refractivity contribution in [3.63, 3.8) is 0 Å². The minimum Gasteiger partial charge on any atom is -0.352 e. The van der Waals surface area contributed by atoms with Gasteiger partial charge in [0.15, 0.2) is 0 Å². The normalized spacial score (nSPS) is 22.7. The van der Waals surface area contributed by atoms with E-state index < -0.39 is 0 Å². The summed E-state index contributed by atoms with van der Waals surface area (Å²) in [5.74, 6) is -0.375. The second-order valence-electron chi connectivity index (χ2n) is 5.91. The molecular formula is C16H20FN3O2. The first-order valence-electron chi connectivity index (χ1n) is 7.68. The number of hydrogen-bond acceptors (Lipinski definition) is 3. The lowest BCUT2D eigenvalue weighted by Crippen LogP contribution is -2.51. The fourth-order valence-electron chi connectivity index (χ4n) is 3.06. The average Bonchev–Trinajstić information content (AvgIpc) is 2.92. The Balaban J connectivity index is 1.51. The summed E-state index contributed by atoms with van der Waals surface area (Å²) in [4.78, 5) is 27.6. The van der Waals surface area contributed by atoms with Crippen molar-refractivity contribution in [3.05, 3.63) is 35.6 Å². The minimum atomic E-state index is -0.388. The molecule has 6 heteroatoms. The van der Waals surface area contributed by atoms with E-state index in [1.807, 2.05) is 0 Å². The lowest BCUT2D eigenvalue weighted by Gasteiger charge is -2.35. The number of nitrogens with zero attached hydrogens (tertiary/aromatic N) is 2. The summed E-state index contributed by atoms with van der Waals surface area (Å²) >= 11 is 0. The second kappa shape index (κ2) is 6.44. The van der Waals surface area contributed by atoms with Crippen LogP contribution in [-0.2, 0) is 4.79 Å². The summed E-state index contributed by atoms with van der Waals surface area (Å²) < 4.78 is 13.2. The fraction of sp³-hybridized carbons (Fsp3) is 0.500. The molecule has 2 aliphatic rings. The Kier molecular flexibility index (Phi) is 4.38. The van der Waals surface area contributed by atoms with Crippen LogP contribution in [0.5, 0.6) is 0 Å². The fourth-order valence-corrected chi connectivity index (χ4v) is 3.06. The summed E-state index contributed by atoms with van der Waals surface area (Å²) in [5.41, 5.74) is 0.400. The van der Waals surface area contributed by atoms with Gasteiger partial charge < -0.3 is 10.2 Å². The molecule has 1 N–H and O–H groups in total. The van der Waals surface area contributed by atoms with Gasteiger partial charge in [-0.05, 0) is 24.6 Å². The molecule has 5 nitrogen and oxygen atoms in total. The smallest absolute Gasteiger partial charge is 0.254 e. The first-order chi connectivity index (χ1) is 10.6. The van der Waals surface area contributed by atoms with Gasteiger partial charge in [-0.25, -0.2) is 4.39 Å². The monoisotopic (exact) mass is 305 g/mol. The number of nitrogens with one attached hydrogen (secondary N) is 1. The molecule has 1 aromatic carbocycles. The number of hydrogen-bond donors (Lipinski definition) is 1. The van der Waals surface area contributed by atoms with E-state index in [1.54, 1.807) is 17.0 Å². The third kappa shape index (κ3) is 3.44. The van der Waals surface area contributed by atoms with E-state index in [2.05, 4.69) is 10.2 Å². The first kappa shape index (κ1) is 15.0. The lowest BCUT2D eigenvalue weighted by atomic mass is 10.1. The molecule has 0 spiro atoms. The summed E-state index contributed by atoms with van der Waals surface area (Å²) in [5, 5.41) is 2.96. The van der Waals surface area contributed by atoms with Gasteiger partial charge in [-0.2, -0.15) is 0 Å². The van der Waals surface area contributed by atoms with Gasteiger partial charge in [-0.1, -0.05) is 6.07 Å². The number of halogens is 1. The van der Waals surface area contributed by atoms with Crippen LogP contribution in [0, 0.1) is 5.82 Å².